The second-order valence-electron chi connectivity index (χ2n) is 5.28. The average molecular weight is 307 g/mol. The van der Waals surface area contributed by atoms with Crippen LogP contribution in [-0.4, -0.2) is 34.9 Å². The molecule has 1 aromatic carbocycles. The van der Waals surface area contributed by atoms with Gasteiger partial charge in [-0.25, -0.2) is 8.42 Å². The molecule has 0 bridgehead atoms. The highest BCUT2D eigenvalue weighted by Gasteiger charge is 2.44. The molecule has 2 radical (unpaired) electrons. The van der Waals surface area contributed by atoms with Crippen LogP contribution in [0.2, 0.25) is 0 Å². The third kappa shape index (κ3) is 3.29. The van der Waals surface area contributed by atoms with E-state index in [0.29, 0.717) is 12.8 Å². The maximum atomic E-state index is 12.5. The molecule has 112 valence electrons. The maximum absolute atomic E-state index is 12.5. The number of esters is 1. The first-order valence-corrected chi connectivity index (χ1v) is 8.36. The summed E-state index contributed by atoms with van der Waals surface area (Å²) in [5.74, 6) is -0.541. The number of sulfonamides is 1. The Bertz CT molecular complexity index is 624. The summed E-state index contributed by atoms with van der Waals surface area (Å²) in [6.45, 7) is 0. The third-order valence-electron chi connectivity index (χ3n) is 3.82. The molecule has 7 heteroatoms. The van der Waals surface area contributed by atoms with Crippen molar-refractivity contribution >= 4 is 29.3 Å². The highest BCUT2D eigenvalue weighted by atomic mass is 32.2. The first-order chi connectivity index (χ1) is 9.91. The van der Waals surface area contributed by atoms with E-state index in [1.54, 1.807) is 12.1 Å². The van der Waals surface area contributed by atoms with Crippen LogP contribution >= 0.6 is 0 Å². The highest BCUT2D eigenvalue weighted by molar-refractivity contribution is 7.89. The Kier molecular flexibility index (Phi) is 4.73. The molecule has 1 aliphatic carbocycles. The first-order valence-electron chi connectivity index (χ1n) is 6.88. The van der Waals surface area contributed by atoms with Crippen LogP contribution < -0.4 is 10.2 Å². The van der Waals surface area contributed by atoms with Gasteiger partial charge in [0.1, 0.15) is 13.4 Å². The quantitative estimate of drug-likeness (QED) is 0.654. The number of methoxy groups -OCH3 is 1. The smallest absolute Gasteiger partial charge is 0.327 e. The molecule has 1 saturated carbocycles. The molecule has 21 heavy (non-hydrogen) atoms. The average Bonchev–Trinajstić information content (AvgIpc) is 2.47. The number of benzene rings is 1. The van der Waals surface area contributed by atoms with E-state index in [1.807, 2.05) is 0 Å². The predicted octanol–water partition coefficient (Wildman–Crippen LogP) is 0.635. The molecule has 0 atom stereocenters. The summed E-state index contributed by atoms with van der Waals surface area (Å²) in [5.41, 5.74) is -1.03. The summed E-state index contributed by atoms with van der Waals surface area (Å²) in [5, 5.41) is 0. The van der Waals surface area contributed by atoms with Crippen molar-refractivity contribution in [1.82, 2.24) is 4.72 Å². The monoisotopic (exact) mass is 307 g/mol. The van der Waals surface area contributed by atoms with Crippen LogP contribution in [0, 0.1) is 0 Å². The Hall–Kier alpha value is -1.34. The summed E-state index contributed by atoms with van der Waals surface area (Å²) in [7, 11) is 3.12. The largest absolute Gasteiger partial charge is 0.468 e. The maximum Gasteiger partial charge on any atom is 0.327 e. The summed E-state index contributed by atoms with van der Waals surface area (Å²) in [6.07, 6.45) is 3.41. The second kappa shape index (κ2) is 6.19. The minimum atomic E-state index is -3.88. The number of carbonyl (C=O) groups is 1. The molecule has 1 aromatic rings. The van der Waals surface area contributed by atoms with Gasteiger partial charge in [-0.1, -0.05) is 42.9 Å². The van der Waals surface area contributed by atoms with Crippen molar-refractivity contribution in [3.05, 3.63) is 24.3 Å². The van der Waals surface area contributed by atoms with Crippen molar-refractivity contribution in [2.45, 2.75) is 42.5 Å². The molecule has 2 rings (SSSR count). The summed E-state index contributed by atoms with van der Waals surface area (Å²) >= 11 is 0. The number of nitrogens with one attached hydrogen (secondary N) is 1. The topological polar surface area (TPSA) is 72.5 Å². The molecule has 0 spiro atoms. The zero-order valence-corrected chi connectivity index (χ0v) is 12.8. The summed E-state index contributed by atoms with van der Waals surface area (Å²) in [6, 6.07) is 6.19. The van der Waals surface area contributed by atoms with E-state index in [4.69, 9.17) is 12.6 Å². The van der Waals surface area contributed by atoms with E-state index >= 15 is 0 Å². The number of ether oxygens (including phenoxy) is 1. The van der Waals surface area contributed by atoms with Crippen molar-refractivity contribution in [3.8, 4) is 0 Å². The Morgan fingerprint density at radius 1 is 1.24 bits per heavy atom. The van der Waals surface area contributed by atoms with Gasteiger partial charge in [-0.2, -0.15) is 4.72 Å². The van der Waals surface area contributed by atoms with Crippen LogP contribution in [0.15, 0.2) is 29.2 Å². The predicted molar refractivity (Wildman–Crippen MR) is 80.0 cm³/mol. The molecule has 1 N–H and O–H groups in total. The molecule has 0 heterocycles. The van der Waals surface area contributed by atoms with E-state index in [-0.39, 0.29) is 10.4 Å². The molecule has 0 aliphatic heterocycles. The molecule has 0 saturated heterocycles. The molecule has 1 fully saturated rings. The van der Waals surface area contributed by atoms with E-state index < -0.39 is 21.5 Å². The van der Waals surface area contributed by atoms with Gasteiger partial charge in [-0.3, -0.25) is 4.79 Å². The van der Waals surface area contributed by atoms with Gasteiger partial charge in [0.05, 0.1) is 12.0 Å². The fourth-order valence-corrected chi connectivity index (χ4v) is 4.28. The molecule has 5 nitrogen and oxygen atoms in total. The second-order valence-corrected chi connectivity index (χ2v) is 6.93. The van der Waals surface area contributed by atoms with Gasteiger partial charge in [-0.05, 0) is 18.9 Å². The minimum absolute atomic E-state index is 0.0150. The van der Waals surface area contributed by atoms with Crippen LogP contribution in [0.5, 0.6) is 0 Å². The summed E-state index contributed by atoms with van der Waals surface area (Å²) in [4.78, 5) is 12.1. The third-order valence-corrected chi connectivity index (χ3v) is 5.43. The van der Waals surface area contributed by atoms with Gasteiger partial charge in [0.2, 0.25) is 10.0 Å². The molecular formula is C14H18BNO4S. The van der Waals surface area contributed by atoms with Crippen molar-refractivity contribution in [1.29, 1.82) is 0 Å². The van der Waals surface area contributed by atoms with Crippen molar-refractivity contribution in [2.75, 3.05) is 7.11 Å². The fourth-order valence-electron chi connectivity index (χ4n) is 2.74. The van der Waals surface area contributed by atoms with E-state index in [9.17, 15) is 13.2 Å². The lowest BCUT2D eigenvalue weighted by Crippen LogP contribution is -2.56. The van der Waals surface area contributed by atoms with Gasteiger partial charge in [0.15, 0.2) is 0 Å². The SMILES string of the molecule is [B]c1ccccc1S(=O)(=O)NC1(C(=O)OC)CCCCC1. The van der Waals surface area contributed by atoms with E-state index in [1.165, 1.54) is 19.2 Å². The van der Waals surface area contributed by atoms with Crippen LogP contribution in [0.3, 0.4) is 0 Å². The number of rotatable bonds is 4. The van der Waals surface area contributed by atoms with Gasteiger partial charge in [0.25, 0.3) is 0 Å². The zero-order chi connectivity index (χ0) is 15.5. The van der Waals surface area contributed by atoms with Crippen LogP contribution in [0.25, 0.3) is 0 Å². The Balaban J connectivity index is 2.36. The lowest BCUT2D eigenvalue weighted by Gasteiger charge is -2.35. The molecule has 0 amide bonds. The van der Waals surface area contributed by atoms with Crippen molar-refractivity contribution in [3.63, 3.8) is 0 Å². The Labute approximate surface area is 126 Å². The lowest BCUT2D eigenvalue weighted by atomic mass is 9.83. The van der Waals surface area contributed by atoms with Crippen molar-refractivity contribution < 1.29 is 17.9 Å². The molecule has 1 aliphatic rings. The Morgan fingerprint density at radius 3 is 2.43 bits per heavy atom. The molecule has 0 aromatic heterocycles. The zero-order valence-electron chi connectivity index (χ0n) is 12.0. The highest BCUT2D eigenvalue weighted by Crippen LogP contribution is 2.30. The van der Waals surface area contributed by atoms with E-state index in [2.05, 4.69) is 4.72 Å². The molecule has 0 unspecified atom stereocenters. The van der Waals surface area contributed by atoms with Gasteiger partial charge in [0, 0.05) is 0 Å². The van der Waals surface area contributed by atoms with Gasteiger partial charge in [-0.15, -0.1) is 0 Å². The van der Waals surface area contributed by atoms with Crippen LogP contribution in [0.1, 0.15) is 32.1 Å². The number of carbonyl (C=O) groups excluding carboxylic acids is 1. The minimum Gasteiger partial charge on any atom is -0.468 e. The fraction of sp³-hybridized carbons (Fsp3) is 0.500. The van der Waals surface area contributed by atoms with Gasteiger partial charge >= 0.3 is 5.97 Å². The number of hydrogen-bond donors (Lipinski definition) is 1. The normalized spacial score (nSPS) is 18.1. The molecular weight excluding hydrogens is 289 g/mol. The number of hydrogen-bond acceptors (Lipinski definition) is 4. The van der Waals surface area contributed by atoms with Crippen LogP contribution in [-0.2, 0) is 19.6 Å². The van der Waals surface area contributed by atoms with Crippen LogP contribution in [0.4, 0.5) is 0 Å². The van der Waals surface area contributed by atoms with E-state index in [0.717, 1.165) is 19.3 Å². The Morgan fingerprint density at radius 2 is 1.86 bits per heavy atom. The lowest BCUT2D eigenvalue weighted by molar-refractivity contribution is -0.149. The summed E-state index contributed by atoms with van der Waals surface area (Å²) < 4.78 is 32.4. The van der Waals surface area contributed by atoms with Gasteiger partial charge < -0.3 is 4.74 Å². The standard InChI is InChI=1S/C14H18BNO4S/c1-20-13(17)14(9-5-2-6-10-14)16-21(18,19)12-8-4-3-7-11(12)15/h3-4,7-8,16H,2,5-6,9-10H2,1H3. The first kappa shape index (κ1) is 16.0. The van der Waals surface area contributed by atoms with Crippen molar-refractivity contribution in [2.24, 2.45) is 0 Å².